The molecule has 8 saturated heterocycles. The van der Waals surface area contributed by atoms with E-state index in [1.54, 1.807) is 13.8 Å². The summed E-state index contributed by atoms with van der Waals surface area (Å²) >= 11 is 0. The van der Waals surface area contributed by atoms with Crippen LogP contribution >= 0.6 is 0 Å². The highest BCUT2D eigenvalue weighted by Crippen LogP contribution is 2.66. The maximum Gasteiger partial charge on any atom is 0.443 e. The molecular formula is C36H52F6O11S. The van der Waals surface area contributed by atoms with Crippen molar-refractivity contribution in [2.24, 2.45) is 47.3 Å². The molecule has 10 aliphatic rings. The lowest BCUT2D eigenvalue weighted by molar-refractivity contribution is -0.598. The van der Waals surface area contributed by atoms with Gasteiger partial charge in [0.1, 0.15) is 0 Å². The smallest absolute Gasteiger partial charge is 0.341 e. The van der Waals surface area contributed by atoms with Gasteiger partial charge in [0.2, 0.25) is 11.6 Å². The number of alkyl halides is 6. The number of ether oxygens (including phenoxy) is 6. The zero-order chi connectivity index (χ0) is 38.9. The van der Waals surface area contributed by atoms with Crippen LogP contribution in [0.5, 0.6) is 0 Å². The van der Waals surface area contributed by atoms with E-state index in [0.29, 0.717) is 51.4 Å². The third kappa shape index (κ3) is 5.68. The molecule has 54 heavy (non-hydrogen) atoms. The predicted octanol–water partition coefficient (Wildman–Crippen LogP) is 7.05. The molecule has 0 unspecified atom stereocenters. The van der Waals surface area contributed by atoms with Crippen LogP contribution in [0.2, 0.25) is 0 Å². The lowest BCUT2D eigenvalue weighted by atomic mass is 9.57. The van der Waals surface area contributed by atoms with Crippen LogP contribution < -0.4 is 0 Å². The molecule has 8 heterocycles. The first kappa shape index (κ1) is 40.1. The molecule has 2 saturated carbocycles. The van der Waals surface area contributed by atoms with E-state index >= 15 is 26.3 Å². The quantitative estimate of drug-likeness (QED) is 0.186. The van der Waals surface area contributed by atoms with Crippen LogP contribution in [0.3, 0.4) is 0 Å². The van der Waals surface area contributed by atoms with Gasteiger partial charge in [0, 0.05) is 58.8 Å². The molecule has 0 amide bonds. The number of hydrogen-bond donors (Lipinski definition) is 0. The normalized spacial score (nSPS) is 53.3. The second kappa shape index (κ2) is 13.2. The Hall–Kier alpha value is -0.670. The number of hydrogen-bond acceptors (Lipinski definition) is 11. The van der Waals surface area contributed by atoms with E-state index in [1.165, 1.54) is 13.8 Å². The molecule has 18 heteroatoms. The van der Waals surface area contributed by atoms with Gasteiger partial charge in [0.25, 0.3) is 11.6 Å². The minimum absolute atomic E-state index is 0.125. The monoisotopic (exact) mass is 806 g/mol. The summed E-state index contributed by atoms with van der Waals surface area (Å²) in [7, 11) is -1.95. The molecule has 10 fully saturated rings. The summed E-state index contributed by atoms with van der Waals surface area (Å²) < 4.78 is 139. The van der Waals surface area contributed by atoms with E-state index in [9.17, 15) is 4.21 Å². The standard InChI is InChI=1S/C36H52F6O11S/c1-19-7-9-25-21(3)33(35(37,38)39,48-27-31(25)23(19)11-13-29(5,46-27)50-52-31)44-15-17-54(43)18-16-45-34(36(40,41)42)22(4)26-10-8-20(2)24-12-14-30(6)47-28(49-34)32(24,26)53-51-30/h19-28H,7-18H2,1-6H3/t19-,20-,21-,22-,23+,24+,25+,26+,27+,28+,29-,30-,31-,32-,33-,34-/m1/s1. The van der Waals surface area contributed by atoms with Crippen molar-refractivity contribution in [2.45, 2.75) is 152 Å². The molecular weight excluding hydrogens is 754 g/mol. The van der Waals surface area contributed by atoms with Crippen LogP contribution in [-0.4, -0.2) is 88.2 Å². The Kier molecular flexibility index (Phi) is 9.78. The molecule has 0 aromatic heterocycles. The van der Waals surface area contributed by atoms with Gasteiger partial charge in [-0.05, 0) is 76.0 Å². The summed E-state index contributed by atoms with van der Waals surface area (Å²) in [6.07, 6.45) is -8.78. The van der Waals surface area contributed by atoms with Crippen molar-refractivity contribution in [3.05, 3.63) is 0 Å². The Balaban J connectivity index is 0.960. The SMILES string of the molecule is C[C@@H]1CC[C@H]2[C@@H](C)[C@](OCCS(=O)CCO[C@@]3(C(F)(F)F)O[C@@H]4O[C@@]5(C)CC[C@H]6[C@H](C)CC[C@@H]([C@H]3C)[C@@]46OO5)(C(F)(F)F)O[C@@H]3O[C@@]4(C)CC[C@@H]1[C@]32OO4. The fourth-order valence-electron chi connectivity index (χ4n) is 11.7. The molecule has 16 atom stereocenters. The number of fused-ring (bicyclic) bond motifs is 4. The average molecular weight is 807 g/mol. The Morgan fingerprint density at radius 3 is 1.33 bits per heavy atom. The van der Waals surface area contributed by atoms with E-state index in [0.717, 1.165) is 0 Å². The first-order chi connectivity index (χ1) is 25.2. The first-order valence-corrected chi connectivity index (χ1v) is 20.9. The Morgan fingerprint density at radius 2 is 0.963 bits per heavy atom. The zero-order valence-electron chi connectivity index (χ0n) is 31.4. The summed E-state index contributed by atoms with van der Waals surface area (Å²) in [5.74, 6) is -13.8. The second-order valence-corrected chi connectivity index (χ2v) is 19.2. The van der Waals surface area contributed by atoms with Crippen molar-refractivity contribution in [3.63, 3.8) is 0 Å². The van der Waals surface area contributed by atoms with Gasteiger partial charge in [0.05, 0.1) is 13.2 Å². The first-order valence-electron chi connectivity index (χ1n) is 19.4. The van der Waals surface area contributed by atoms with Crippen LogP contribution in [0.25, 0.3) is 0 Å². The molecule has 0 aromatic rings. The van der Waals surface area contributed by atoms with Gasteiger partial charge in [-0.2, -0.15) is 26.3 Å². The summed E-state index contributed by atoms with van der Waals surface area (Å²) in [5.41, 5.74) is -2.54. The van der Waals surface area contributed by atoms with Crippen molar-refractivity contribution in [3.8, 4) is 0 Å². The minimum atomic E-state index is -5.03. The highest BCUT2D eigenvalue weighted by Gasteiger charge is 2.79. The summed E-state index contributed by atoms with van der Waals surface area (Å²) in [6.45, 7) is 8.78. The van der Waals surface area contributed by atoms with E-state index in [1.807, 2.05) is 13.8 Å². The van der Waals surface area contributed by atoms with Gasteiger partial charge in [-0.3, -0.25) is 4.21 Å². The number of halogens is 6. The molecule has 0 N–H and O–H groups in total. The lowest BCUT2D eigenvalue weighted by Crippen LogP contribution is -2.76. The Bertz CT molecular complexity index is 1370. The highest BCUT2D eigenvalue weighted by atomic mass is 32.2. The molecule has 310 valence electrons. The van der Waals surface area contributed by atoms with Crippen LogP contribution in [0.4, 0.5) is 26.3 Å². The molecule has 2 spiro atoms. The van der Waals surface area contributed by atoms with Crippen LogP contribution in [0.15, 0.2) is 0 Å². The second-order valence-electron chi connectivity index (χ2n) is 17.5. The maximum absolute atomic E-state index is 15.2. The highest BCUT2D eigenvalue weighted by molar-refractivity contribution is 7.85. The van der Waals surface area contributed by atoms with Gasteiger partial charge in [-0.15, -0.1) is 0 Å². The van der Waals surface area contributed by atoms with E-state index < -0.39 is 118 Å². The van der Waals surface area contributed by atoms with Gasteiger partial charge >= 0.3 is 12.4 Å². The van der Waals surface area contributed by atoms with Crippen molar-refractivity contribution in [2.75, 3.05) is 24.7 Å². The molecule has 0 aromatic carbocycles. The largest absolute Gasteiger partial charge is 0.443 e. The van der Waals surface area contributed by atoms with Crippen molar-refractivity contribution < 1.29 is 78.5 Å². The molecule has 0 radical (unpaired) electrons. The van der Waals surface area contributed by atoms with Crippen molar-refractivity contribution in [1.82, 2.24) is 0 Å². The lowest BCUT2D eigenvalue weighted by Gasteiger charge is -2.62. The summed E-state index contributed by atoms with van der Waals surface area (Å²) in [6, 6.07) is 0. The van der Waals surface area contributed by atoms with Gasteiger partial charge in [-0.1, -0.05) is 27.7 Å². The maximum atomic E-state index is 15.2. The fourth-order valence-corrected chi connectivity index (χ4v) is 12.4. The van der Waals surface area contributed by atoms with Gasteiger partial charge in [0.15, 0.2) is 23.8 Å². The Labute approximate surface area is 313 Å². The summed E-state index contributed by atoms with van der Waals surface area (Å²) in [5, 5.41) is 0. The third-order valence-electron chi connectivity index (χ3n) is 14.6. The molecule has 11 nitrogen and oxygen atoms in total. The van der Waals surface area contributed by atoms with Crippen molar-refractivity contribution in [1.29, 1.82) is 0 Å². The fraction of sp³-hybridized carbons (Fsp3) is 1.00. The van der Waals surface area contributed by atoms with Crippen LogP contribution in [0.1, 0.15) is 92.9 Å². The van der Waals surface area contributed by atoms with Gasteiger partial charge < -0.3 is 28.4 Å². The molecule has 8 aliphatic heterocycles. The van der Waals surface area contributed by atoms with Crippen molar-refractivity contribution >= 4 is 10.8 Å². The zero-order valence-corrected chi connectivity index (χ0v) is 32.2. The topological polar surface area (TPSA) is 109 Å². The Morgan fingerprint density at radius 1 is 0.574 bits per heavy atom. The molecule has 2 aliphatic carbocycles. The predicted molar refractivity (Wildman–Crippen MR) is 173 cm³/mol. The van der Waals surface area contributed by atoms with E-state index in [2.05, 4.69) is 0 Å². The number of rotatable bonds is 8. The van der Waals surface area contributed by atoms with E-state index in [4.69, 9.17) is 48.0 Å². The molecule has 10 rings (SSSR count). The molecule has 4 bridgehead atoms. The van der Waals surface area contributed by atoms with E-state index in [-0.39, 0.29) is 23.7 Å². The minimum Gasteiger partial charge on any atom is -0.341 e. The third-order valence-corrected chi connectivity index (χ3v) is 15.8. The van der Waals surface area contributed by atoms with Crippen LogP contribution in [-0.2, 0) is 58.8 Å². The van der Waals surface area contributed by atoms with Crippen LogP contribution in [0, 0.1) is 47.3 Å². The average Bonchev–Trinajstić information content (AvgIpc) is 3.46. The summed E-state index contributed by atoms with van der Waals surface area (Å²) in [4.78, 5) is 23.4. The van der Waals surface area contributed by atoms with Gasteiger partial charge in [-0.25, -0.2) is 19.6 Å².